The average molecular weight is 256 g/mol. The van der Waals surface area contributed by atoms with Crippen molar-refractivity contribution < 1.29 is 9.52 Å². The number of fused-ring (bicyclic) bond motifs is 2. The Balaban J connectivity index is 2.19. The van der Waals surface area contributed by atoms with Crippen LogP contribution < -0.4 is 10.7 Å². The second-order valence-corrected chi connectivity index (χ2v) is 4.15. The van der Waals surface area contributed by atoms with E-state index in [1.54, 1.807) is 6.07 Å². The normalized spacial score (nSPS) is 11.0. The third-order valence-corrected chi connectivity index (χ3v) is 2.81. The molecule has 1 aromatic carbocycles. The van der Waals surface area contributed by atoms with E-state index >= 15 is 0 Å². The maximum Gasteiger partial charge on any atom is 0.205 e. The molecule has 96 valence electrons. The summed E-state index contributed by atoms with van der Waals surface area (Å²) < 4.78 is 5.65. The summed E-state index contributed by atoms with van der Waals surface area (Å²) in [5.41, 5.74) is 2.23. The Labute approximate surface area is 108 Å². The Morgan fingerprint density at radius 2 is 2.11 bits per heavy atom. The molecular formula is C14H12N2O3. The van der Waals surface area contributed by atoms with Gasteiger partial charge in [0.15, 0.2) is 11.3 Å². The molecule has 2 N–H and O–H groups in total. The maximum atomic E-state index is 11.8. The molecule has 5 heteroatoms. The number of hydrogen-bond acceptors (Lipinski definition) is 5. The van der Waals surface area contributed by atoms with Crippen molar-refractivity contribution >= 4 is 16.8 Å². The molecule has 1 aromatic rings. The van der Waals surface area contributed by atoms with E-state index in [9.17, 15) is 4.79 Å². The molecule has 0 bridgehead atoms. The SMILES string of the molecule is O=c1cc2oc3ccccc3nc-2cc1NCCO. The quantitative estimate of drug-likeness (QED) is 0.697. The molecule has 0 unspecified atom stereocenters. The van der Waals surface area contributed by atoms with Gasteiger partial charge in [0.1, 0.15) is 11.2 Å². The van der Waals surface area contributed by atoms with Crippen LogP contribution in [0.5, 0.6) is 0 Å². The fourth-order valence-corrected chi connectivity index (χ4v) is 1.93. The lowest BCUT2D eigenvalue weighted by Crippen LogP contribution is -2.14. The van der Waals surface area contributed by atoms with E-state index in [0.717, 1.165) is 5.52 Å². The van der Waals surface area contributed by atoms with E-state index in [1.165, 1.54) is 6.07 Å². The molecule has 0 atom stereocenters. The average Bonchev–Trinajstić information content (AvgIpc) is 2.43. The first kappa shape index (κ1) is 11.7. The van der Waals surface area contributed by atoms with Crippen LogP contribution >= 0.6 is 0 Å². The lowest BCUT2D eigenvalue weighted by atomic mass is 10.2. The minimum Gasteiger partial charge on any atom is -0.453 e. The molecular weight excluding hydrogens is 244 g/mol. The number of nitrogens with one attached hydrogen (secondary N) is 1. The highest BCUT2D eigenvalue weighted by Gasteiger charge is 2.12. The van der Waals surface area contributed by atoms with E-state index in [-0.39, 0.29) is 12.0 Å². The molecule has 2 aliphatic rings. The standard InChI is InChI=1S/C14H12N2O3/c17-6-5-15-10-7-11-14(8-12(10)18)19-13-4-2-1-3-9(13)16-11/h1-4,7-8,15,17H,5-6H2. The minimum atomic E-state index is -0.179. The molecule has 0 fully saturated rings. The largest absolute Gasteiger partial charge is 0.453 e. The van der Waals surface area contributed by atoms with Gasteiger partial charge in [0.25, 0.3) is 0 Å². The number of benzene rings is 2. The molecule has 0 saturated carbocycles. The molecule has 0 saturated heterocycles. The summed E-state index contributed by atoms with van der Waals surface area (Å²) >= 11 is 0. The van der Waals surface area contributed by atoms with E-state index in [1.807, 2.05) is 24.3 Å². The number of anilines is 1. The smallest absolute Gasteiger partial charge is 0.205 e. The van der Waals surface area contributed by atoms with Crippen LogP contribution in [-0.2, 0) is 0 Å². The Hall–Kier alpha value is -2.40. The second kappa shape index (κ2) is 4.70. The van der Waals surface area contributed by atoms with Crippen molar-refractivity contribution in [1.82, 2.24) is 4.98 Å². The van der Waals surface area contributed by atoms with Crippen LogP contribution in [0.2, 0.25) is 0 Å². The predicted octanol–water partition coefficient (Wildman–Crippen LogP) is 1.70. The van der Waals surface area contributed by atoms with Crippen LogP contribution in [0.4, 0.5) is 5.69 Å². The van der Waals surface area contributed by atoms with Crippen LogP contribution in [0.15, 0.2) is 45.6 Å². The summed E-state index contributed by atoms with van der Waals surface area (Å²) in [6.07, 6.45) is 0. The molecule has 0 radical (unpaired) electrons. The van der Waals surface area contributed by atoms with Crippen LogP contribution in [0.3, 0.4) is 0 Å². The van der Waals surface area contributed by atoms with Crippen molar-refractivity contribution in [2.75, 3.05) is 18.5 Å². The Kier molecular flexibility index (Phi) is 2.89. The molecule has 0 aromatic heterocycles. The van der Waals surface area contributed by atoms with Crippen LogP contribution in [-0.4, -0.2) is 23.2 Å². The zero-order valence-electron chi connectivity index (χ0n) is 10.1. The summed E-state index contributed by atoms with van der Waals surface area (Å²) in [6.45, 7) is 0.290. The van der Waals surface area contributed by atoms with Crippen molar-refractivity contribution in [2.45, 2.75) is 0 Å². The highest BCUT2D eigenvalue weighted by molar-refractivity contribution is 5.77. The summed E-state index contributed by atoms with van der Waals surface area (Å²) in [6, 6.07) is 10.4. The first-order chi connectivity index (χ1) is 9.28. The van der Waals surface area contributed by atoms with Crippen LogP contribution in [0, 0.1) is 0 Å². The lowest BCUT2D eigenvalue weighted by Gasteiger charge is -2.08. The third kappa shape index (κ3) is 2.15. The van der Waals surface area contributed by atoms with Crippen LogP contribution in [0.25, 0.3) is 22.6 Å². The summed E-state index contributed by atoms with van der Waals surface area (Å²) in [5.74, 6) is 0.457. The first-order valence-corrected chi connectivity index (χ1v) is 5.96. The second-order valence-electron chi connectivity index (χ2n) is 4.15. The molecule has 5 nitrogen and oxygen atoms in total. The first-order valence-electron chi connectivity index (χ1n) is 5.96. The van der Waals surface area contributed by atoms with E-state index in [2.05, 4.69) is 10.3 Å². The van der Waals surface area contributed by atoms with Gasteiger partial charge in [-0.15, -0.1) is 0 Å². The van der Waals surface area contributed by atoms with Crippen LogP contribution in [0.1, 0.15) is 0 Å². The topological polar surface area (TPSA) is 75.4 Å². The number of para-hydroxylation sites is 2. The molecule has 1 aliphatic carbocycles. The zero-order chi connectivity index (χ0) is 13.2. The number of rotatable bonds is 3. The van der Waals surface area contributed by atoms with Gasteiger partial charge in [-0.1, -0.05) is 12.1 Å². The molecule has 0 amide bonds. The summed E-state index contributed by atoms with van der Waals surface area (Å²) in [7, 11) is 0. The van der Waals surface area contributed by atoms with Gasteiger partial charge in [0.2, 0.25) is 5.43 Å². The fraction of sp³-hybridized carbons (Fsp3) is 0.143. The highest BCUT2D eigenvalue weighted by Crippen LogP contribution is 2.25. The van der Waals surface area contributed by atoms with E-state index < -0.39 is 0 Å². The van der Waals surface area contributed by atoms with Crippen molar-refractivity contribution in [3.8, 4) is 11.5 Å². The van der Waals surface area contributed by atoms with Gasteiger partial charge >= 0.3 is 0 Å². The third-order valence-electron chi connectivity index (χ3n) is 2.81. The molecule has 19 heavy (non-hydrogen) atoms. The van der Waals surface area contributed by atoms with Gasteiger partial charge in [-0.25, -0.2) is 4.98 Å². The van der Waals surface area contributed by atoms with Crippen molar-refractivity contribution in [3.05, 3.63) is 46.6 Å². The summed E-state index contributed by atoms with van der Waals surface area (Å²) in [5, 5.41) is 11.6. The van der Waals surface area contributed by atoms with Gasteiger partial charge in [-0.05, 0) is 18.2 Å². The van der Waals surface area contributed by atoms with Gasteiger partial charge in [0.05, 0.1) is 12.3 Å². The van der Waals surface area contributed by atoms with Crippen molar-refractivity contribution in [1.29, 1.82) is 0 Å². The highest BCUT2D eigenvalue weighted by atomic mass is 16.3. The summed E-state index contributed by atoms with van der Waals surface area (Å²) in [4.78, 5) is 16.3. The Morgan fingerprint density at radius 3 is 2.95 bits per heavy atom. The molecule has 0 spiro atoms. The molecule has 1 aliphatic heterocycles. The van der Waals surface area contributed by atoms with Crippen molar-refractivity contribution in [2.24, 2.45) is 0 Å². The zero-order valence-corrected chi connectivity index (χ0v) is 10.1. The number of aliphatic hydroxyl groups excluding tert-OH is 1. The van der Waals surface area contributed by atoms with Gasteiger partial charge in [-0.3, -0.25) is 4.79 Å². The van der Waals surface area contributed by atoms with Gasteiger partial charge in [0, 0.05) is 12.6 Å². The maximum absolute atomic E-state index is 11.8. The molecule has 1 heterocycles. The van der Waals surface area contributed by atoms with Crippen molar-refractivity contribution in [3.63, 3.8) is 0 Å². The minimum absolute atomic E-state index is 0.0347. The monoisotopic (exact) mass is 256 g/mol. The molecule has 3 rings (SSSR count). The Morgan fingerprint density at radius 1 is 1.26 bits per heavy atom. The predicted molar refractivity (Wildman–Crippen MR) is 72.5 cm³/mol. The van der Waals surface area contributed by atoms with E-state index in [0.29, 0.717) is 29.3 Å². The number of nitrogens with zero attached hydrogens (tertiary/aromatic N) is 1. The number of hydrogen-bond donors (Lipinski definition) is 2. The van der Waals surface area contributed by atoms with E-state index in [4.69, 9.17) is 9.52 Å². The van der Waals surface area contributed by atoms with Gasteiger partial charge in [-0.2, -0.15) is 0 Å². The lowest BCUT2D eigenvalue weighted by molar-refractivity contribution is 0.311. The Bertz CT molecular complexity index is 751. The fourth-order valence-electron chi connectivity index (χ4n) is 1.93. The van der Waals surface area contributed by atoms with Gasteiger partial charge < -0.3 is 14.8 Å². The number of aliphatic hydroxyl groups is 1. The number of aromatic nitrogens is 1.